The number of carbonyl (C=O) groups is 3. The van der Waals surface area contributed by atoms with Crippen molar-refractivity contribution in [3.8, 4) is 0 Å². The van der Waals surface area contributed by atoms with Crippen LogP contribution in [0.1, 0.15) is 23.4 Å². The Morgan fingerprint density at radius 2 is 1.79 bits per heavy atom. The van der Waals surface area contributed by atoms with Crippen LogP contribution in [0.3, 0.4) is 0 Å². The third kappa shape index (κ3) is 3.45. The van der Waals surface area contributed by atoms with Gasteiger partial charge in [-0.15, -0.1) is 11.3 Å². The summed E-state index contributed by atoms with van der Waals surface area (Å²) in [5.41, 5.74) is -0.767. The fourth-order valence-electron chi connectivity index (χ4n) is 5.19. The number of esters is 1. The largest absolute Gasteiger partial charge is 0.465 e. The number of nitrogens with one attached hydrogen (secondary N) is 1. The van der Waals surface area contributed by atoms with E-state index in [1.54, 1.807) is 13.0 Å². The summed E-state index contributed by atoms with van der Waals surface area (Å²) in [6.07, 6.45) is 0.153. The van der Waals surface area contributed by atoms with Crippen molar-refractivity contribution in [2.24, 2.45) is 11.8 Å². The lowest BCUT2D eigenvalue weighted by Gasteiger charge is -2.33. The number of anilines is 1. The fraction of sp³-hybridized carbons (Fsp3) is 0.269. The van der Waals surface area contributed by atoms with Gasteiger partial charge in [-0.1, -0.05) is 48.5 Å². The van der Waals surface area contributed by atoms with Crippen LogP contribution in [-0.4, -0.2) is 29.9 Å². The summed E-state index contributed by atoms with van der Waals surface area (Å²) in [5, 5.41) is 5.24. The normalized spacial score (nSPS) is 26.1. The number of carbonyl (C=O) groups excluding carboxylic acids is 3. The van der Waals surface area contributed by atoms with Crippen molar-refractivity contribution >= 4 is 34.8 Å². The molecule has 2 aliphatic heterocycles. The predicted octanol–water partition coefficient (Wildman–Crippen LogP) is 3.88. The van der Waals surface area contributed by atoms with Gasteiger partial charge in [0.2, 0.25) is 11.8 Å². The summed E-state index contributed by atoms with van der Waals surface area (Å²) in [6, 6.07) is 18.1. The molecule has 2 fully saturated rings. The zero-order valence-electron chi connectivity index (χ0n) is 18.4. The zero-order valence-corrected chi connectivity index (χ0v) is 19.3. The number of rotatable bonds is 6. The van der Waals surface area contributed by atoms with Crippen LogP contribution >= 0.6 is 11.3 Å². The maximum atomic E-state index is 14.7. The molecule has 1 aromatic heterocycles. The monoisotopic (exact) mass is 478 g/mol. The molecule has 174 valence electrons. The second-order valence-electron chi connectivity index (χ2n) is 8.46. The van der Waals surface area contributed by atoms with Gasteiger partial charge in [0, 0.05) is 11.3 Å². The van der Waals surface area contributed by atoms with E-state index >= 15 is 0 Å². The number of hydrogen-bond acceptors (Lipinski definition) is 6. The molecule has 0 saturated carbocycles. The van der Waals surface area contributed by atoms with Gasteiger partial charge in [-0.05, 0) is 36.1 Å². The molecule has 3 aromatic rings. The van der Waals surface area contributed by atoms with E-state index in [1.807, 2.05) is 47.8 Å². The minimum Gasteiger partial charge on any atom is -0.465 e. The van der Waals surface area contributed by atoms with Crippen LogP contribution in [0.2, 0.25) is 0 Å². The number of para-hydroxylation sites is 1. The van der Waals surface area contributed by atoms with Crippen molar-refractivity contribution in [2.75, 3.05) is 11.5 Å². The second kappa shape index (κ2) is 8.77. The van der Waals surface area contributed by atoms with Gasteiger partial charge in [-0.3, -0.25) is 19.7 Å². The average molecular weight is 479 g/mol. The average Bonchev–Trinajstić information content (AvgIpc) is 3.53. The molecule has 2 saturated heterocycles. The molecule has 2 aromatic carbocycles. The number of ether oxygens (including phenoxy) is 1. The lowest BCUT2D eigenvalue weighted by atomic mass is 9.76. The predicted molar refractivity (Wildman–Crippen MR) is 126 cm³/mol. The van der Waals surface area contributed by atoms with Crippen LogP contribution in [0.25, 0.3) is 0 Å². The van der Waals surface area contributed by atoms with E-state index in [-0.39, 0.29) is 18.7 Å². The number of halogens is 1. The van der Waals surface area contributed by atoms with Crippen molar-refractivity contribution in [1.29, 1.82) is 0 Å². The van der Waals surface area contributed by atoms with Gasteiger partial charge in [0.25, 0.3) is 0 Å². The molecule has 2 amide bonds. The van der Waals surface area contributed by atoms with Gasteiger partial charge in [-0.25, -0.2) is 9.29 Å². The molecule has 2 aliphatic rings. The Hall–Kier alpha value is -3.36. The van der Waals surface area contributed by atoms with E-state index in [4.69, 9.17) is 4.74 Å². The molecular formula is C26H23FN2O4S. The standard InChI is InChI=1S/C26H23FN2O4S/c1-2-33-25(32)26(15-16-9-4-3-5-10-16)21-20(22(28-26)19-13-8-14-34-19)23(30)29(24(21)31)18-12-7-6-11-17(18)27/h3-14,20-22,28H,2,15H2,1H3/t20-,21+,22+,26+/m0/s1. The van der Waals surface area contributed by atoms with Crippen LogP contribution in [0.15, 0.2) is 72.1 Å². The van der Waals surface area contributed by atoms with Crippen molar-refractivity contribution in [2.45, 2.75) is 24.9 Å². The van der Waals surface area contributed by atoms with E-state index in [0.717, 1.165) is 15.3 Å². The van der Waals surface area contributed by atoms with Gasteiger partial charge < -0.3 is 4.74 Å². The molecule has 1 N–H and O–H groups in total. The Morgan fingerprint density at radius 1 is 1.06 bits per heavy atom. The number of hydrogen-bond donors (Lipinski definition) is 1. The molecule has 0 aliphatic carbocycles. The quantitative estimate of drug-likeness (QED) is 0.430. The van der Waals surface area contributed by atoms with Crippen molar-refractivity contribution < 1.29 is 23.5 Å². The highest BCUT2D eigenvalue weighted by molar-refractivity contribution is 7.10. The molecule has 34 heavy (non-hydrogen) atoms. The van der Waals surface area contributed by atoms with Gasteiger partial charge in [0.05, 0.1) is 30.2 Å². The first-order valence-electron chi connectivity index (χ1n) is 11.1. The smallest absolute Gasteiger partial charge is 0.327 e. The van der Waals surface area contributed by atoms with Crippen LogP contribution < -0.4 is 10.2 Å². The van der Waals surface area contributed by atoms with Crippen LogP contribution in [-0.2, 0) is 25.5 Å². The Kier molecular flexibility index (Phi) is 5.79. The van der Waals surface area contributed by atoms with Crippen molar-refractivity contribution in [3.05, 3.63) is 88.4 Å². The first-order valence-corrected chi connectivity index (χ1v) is 12.0. The van der Waals surface area contributed by atoms with E-state index in [2.05, 4.69) is 5.32 Å². The lowest BCUT2D eigenvalue weighted by Crippen LogP contribution is -2.58. The molecule has 0 spiro atoms. The third-order valence-corrected chi connectivity index (χ3v) is 7.52. The summed E-state index contributed by atoms with van der Waals surface area (Å²) in [5.74, 6) is -4.32. The molecule has 0 bridgehead atoms. The van der Waals surface area contributed by atoms with E-state index in [1.165, 1.54) is 29.5 Å². The maximum absolute atomic E-state index is 14.7. The van der Waals surface area contributed by atoms with Crippen molar-refractivity contribution in [1.82, 2.24) is 5.32 Å². The molecule has 0 unspecified atom stereocenters. The van der Waals surface area contributed by atoms with E-state index in [9.17, 15) is 18.8 Å². The summed E-state index contributed by atoms with van der Waals surface area (Å²) >= 11 is 1.43. The van der Waals surface area contributed by atoms with Crippen LogP contribution in [0, 0.1) is 17.7 Å². The summed E-state index contributed by atoms with van der Waals surface area (Å²) < 4.78 is 20.2. The van der Waals surface area contributed by atoms with Crippen LogP contribution in [0.5, 0.6) is 0 Å². The van der Waals surface area contributed by atoms with E-state index < -0.39 is 47.0 Å². The number of thiophene rings is 1. The first kappa shape index (κ1) is 22.4. The molecule has 6 nitrogen and oxygen atoms in total. The molecule has 0 radical (unpaired) electrons. The Balaban J connectivity index is 1.68. The Bertz CT molecular complexity index is 1230. The minimum atomic E-state index is -1.48. The maximum Gasteiger partial charge on any atom is 0.327 e. The summed E-state index contributed by atoms with van der Waals surface area (Å²) in [7, 11) is 0. The fourth-order valence-corrected chi connectivity index (χ4v) is 6.01. The molecule has 3 heterocycles. The summed E-state index contributed by atoms with van der Waals surface area (Å²) in [6.45, 7) is 1.82. The highest BCUT2D eigenvalue weighted by Crippen LogP contribution is 2.52. The topological polar surface area (TPSA) is 75.7 Å². The molecular weight excluding hydrogens is 455 g/mol. The minimum absolute atomic E-state index is 0.103. The highest BCUT2D eigenvalue weighted by atomic mass is 32.1. The van der Waals surface area contributed by atoms with Crippen molar-refractivity contribution in [3.63, 3.8) is 0 Å². The SMILES string of the molecule is CCOC(=O)[C@]1(Cc2ccccc2)N[C@H](c2cccs2)[C@H]2C(=O)N(c3ccccc3F)C(=O)[C@@H]21. The van der Waals surface area contributed by atoms with Gasteiger partial charge in [-0.2, -0.15) is 0 Å². The van der Waals surface area contributed by atoms with Gasteiger partial charge in [0.15, 0.2) is 0 Å². The van der Waals surface area contributed by atoms with E-state index in [0.29, 0.717) is 0 Å². The number of amides is 2. The summed E-state index contributed by atoms with van der Waals surface area (Å²) in [4.78, 5) is 42.9. The molecule has 8 heteroatoms. The number of benzene rings is 2. The number of fused-ring (bicyclic) bond motifs is 1. The molecule has 4 atom stereocenters. The van der Waals surface area contributed by atoms with Crippen LogP contribution in [0.4, 0.5) is 10.1 Å². The Labute approximate surface area is 200 Å². The highest BCUT2D eigenvalue weighted by Gasteiger charge is 2.69. The third-order valence-electron chi connectivity index (χ3n) is 6.56. The first-order chi connectivity index (χ1) is 16.5. The number of nitrogens with zero attached hydrogens (tertiary/aromatic N) is 1. The zero-order chi connectivity index (χ0) is 23.9. The van der Waals surface area contributed by atoms with Gasteiger partial charge in [0.1, 0.15) is 11.4 Å². The molecule has 5 rings (SSSR count). The van der Waals surface area contributed by atoms with Gasteiger partial charge >= 0.3 is 5.97 Å². The lowest BCUT2D eigenvalue weighted by molar-refractivity contribution is -0.154. The Morgan fingerprint density at radius 3 is 2.47 bits per heavy atom. The second-order valence-corrected chi connectivity index (χ2v) is 9.44. The number of imide groups is 1.